The van der Waals surface area contributed by atoms with Gasteiger partial charge in [0.25, 0.3) is 0 Å². The van der Waals surface area contributed by atoms with Crippen LogP contribution in [0.25, 0.3) is 0 Å². The maximum atomic E-state index is 12.0. The molecule has 1 aliphatic carbocycles. The van der Waals surface area contributed by atoms with Gasteiger partial charge in [-0.2, -0.15) is 0 Å². The predicted octanol–water partition coefficient (Wildman–Crippen LogP) is 1.34. The Morgan fingerprint density at radius 1 is 1.20 bits per heavy atom. The van der Waals surface area contributed by atoms with E-state index in [2.05, 4.69) is 0 Å². The molecule has 2 aliphatic rings. The zero-order valence-corrected chi connectivity index (χ0v) is 8.35. The van der Waals surface area contributed by atoms with E-state index in [9.17, 15) is 4.79 Å². The molecule has 1 saturated carbocycles. The van der Waals surface area contributed by atoms with Crippen LogP contribution < -0.4 is 5.73 Å². The molecule has 3 nitrogen and oxygen atoms in total. The summed E-state index contributed by atoms with van der Waals surface area (Å²) in [6.45, 7) is 1.52. The zero-order chi connectivity index (χ0) is 10.4. The van der Waals surface area contributed by atoms with E-state index in [0.717, 1.165) is 18.8 Å². The Morgan fingerprint density at radius 3 is 2.40 bits per heavy atom. The van der Waals surface area contributed by atoms with E-state index in [1.165, 1.54) is 0 Å². The maximum Gasteiger partial charge on any atom is 0.166 e. The monoisotopic (exact) mass is 203 g/mol. The third-order valence-corrected chi connectivity index (χ3v) is 3.45. The van der Waals surface area contributed by atoms with Crippen LogP contribution in [-0.4, -0.2) is 19.0 Å². The maximum absolute atomic E-state index is 12.0. The van der Waals surface area contributed by atoms with E-state index in [-0.39, 0.29) is 11.7 Å². The first-order chi connectivity index (χ1) is 7.27. The summed E-state index contributed by atoms with van der Waals surface area (Å²) in [6.07, 6.45) is 0. The van der Waals surface area contributed by atoms with Crippen molar-refractivity contribution in [2.75, 3.05) is 18.9 Å². The second-order valence-electron chi connectivity index (χ2n) is 4.38. The number of carbonyl (C=O) groups is 1. The first-order valence-corrected chi connectivity index (χ1v) is 5.25. The second kappa shape index (κ2) is 3.07. The van der Waals surface area contributed by atoms with Crippen molar-refractivity contribution in [2.45, 2.75) is 0 Å². The number of nitrogens with two attached hydrogens (primary N) is 1. The van der Waals surface area contributed by atoms with E-state index in [1.807, 2.05) is 12.1 Å². The lowest BCUT2D eigenvalue weighted by atomic mass is 10.0. The summed E-state index contributed by atoms with van der Waals surface area (Å²) >= 11 is 0. The van der Waals surface area contributed by atoms with Gasteiger partial charge in [0.1, 0.15) is 0 Å². The van der Waals surface area contributed by atoms with Crippen LogP contribution in [0.1, 0.15) is 10.4 Å². The van der Waals surface area contributed by atoms with E-state index in [0.29, 0.717) is 17.5 Å². The topological polar surface area (TPSA) is 52.3 Å². The van der Waals surface area contributed by atoms with Crippen LogP contribution in [0.5, 0.6) is 0 Å². The summed E-state index contributed by atoms with van der Waals surface area (Å²) in [5, 5.41) is 0. The van der Waals surface area contributed by atoms with Gasteiger partial charge in [0.05, 0.1) is 13.2 Å². The van der Waals surface area contributed by atoms with Crippen molar-refractivity contribution in [1.82, 2.24) is 0 Å². The molecule has 1 saturated heterocycles. The van der Waals surface area contributed by atoms with E-state index in [1.54, 1.807) is 12.1 Å². The Balaban J connectivity index is 1.78. The number of fused-ring (bicyclic) bond motifs is 1. The average molecular weight is 203 g/mol. The first kappa shape index (κ1) is 8.92. The lowest BCUT2D eigenvalue weighted by Crippen LogP contribution is -2.09. The van der Waals surface area contributed by atoms with Crippen molar-refractivity contribution in [1.29, 1.82) is 0 Å². The van der Waals surface area contributed by atoms with Gasteiger partial charge in [-0.05, 0) is 36.1 Å². The number of hydrogen-bond donors (Lipinski definition) is 1. The molecule has 1 heterocycles. The number of carbonyl (C=O) groups excluding carboxylic acids is 1. The number of hydrogen-bond acceptors (Lipinski definition) is 3. The summed E-state index contributed by atoms with van der Waals surface area (Å²) in [7, 11) is 0. The number of rotatable bonds is 2. The molecule has 2 N–H and O–H groups in total. The molecular formula is C12H13NO2. The highest BCUT2D eigenvalue weighted by atomic mass is 16.5. The van der Waals surface area contributed by atoms with E-state index >= 15 is 0 Å². The Kier molecular flexibility index (Phi) is 1.83. The SMILES string of the molecule is Nc1ccc(C(=O)C2C3COCC32)cc1. The van der Waals surface area contributed by atoms with Gasteiger partial charge in [0.2, 0.25) is 0 Å². The Bertz CT molecular complexity index is 389. The molecule has 1 aromatic rings. The lowest BCUT2D eigenvalue weighted by Gasteiger charge is -2.03. The summed E-state index contributed by atoms with van der Waals surface area (Å²) in [5.41, 5.74) is 7.06. The minimum atomic E-state index is 0.211. The number of benzene rings is 1. The number of nitrogen functional groups attached to an aromatic ring is 1. The third kappa shape index (κ3) is 1.35. The first-order valence-electron chi connectivity index (χ1n) is 5.25. The Hall–Kier alpha value is -1.35. The van der Waals surface area contributed by atoms with Gasteiger partial charge in [-0.15, -0.1) is 0 Å². The summed E-state index contributed by atoms with van der Waals surface area (Å²) in [5.74, 6) is 1.43. The molecule has 0 spiro atoms. The molecule has 2 fully saturated rings. The van der Waals surface area contributed by atoms with Gasteiger partial charge in [0.15, 0.2) is 5.78 Å². The van der Waals surface area contributed by atoms with Crippen molar-refractivity contribution >= 4 is 11.5 Å². The third-order valence-electron chi connectivity index (χ3n) is 3.45. The van der Waals surface area contributed by atoms with Crippen molar-refractivity contribution in [3.8, 4) is 0 Å². The summed E-state index contributed by atoms with van der Waals surface area (Å²) in [6, 6.07) is 7.18. The Morgan fingerprint density at radius 2 is 1.80 bits per heavy atom. The van der Waals surface area contributed by atoms with Crippen LogP contribution in [0.2, 0.25) is 0 Å². The van der Waals surface area contributed by atoms with Gasteiger partial charge in [-0.25, -0.2) is 0 Å². The van der Waals surface area contributed by atoms with Crippen LogP contribution in [0, 0.1) is 17.8 Å². The normalized spacial score (nSPS) is 32.4. The molecule has 3 heteroatoms. The zero-order valence-electron chi connectivity index (χ0n) is 8.35. The second-order valence-corrected chi connectivity index (χ2v) is 4.38. The summed E-state index contributed by atoms with van der Waals surface area (Å²) < 4.78 is 5.27. The highest BCUT2D eigenvalue weighted by Gasteiger charge is 2.57. The fourth-order valence-electron chi connectivity index (χ4n) is 2.47. The quantitative estimate of drug-likeness (QED) is 0.583. The molecule has 2 unspecified atom stereocenters. The molecule has 1 aliphatic heterocycles. The van der Waals surface area contributed by atoms with E-state index in [4.69, 9.17) is 10.5 Å². The number of anilines is 1. The number of ketones is 1. The smallest absolute Gasteiger partial charge is 0.166 e. The van der Waals surface area contributed by atoms with Gasteiger partial charge in [-0.3, -0.25) is 4.79 Å². The fraction of sp³-hybridized carbons (Fsp3) is 0.417. The molecule has 0 bridgehead atoms. The van der Waals surface area contributed by atoms with Crippen LogP contribution in [0.4, 0.5) is 5.69 Å². The number of Topliss-reactive ketones (excluding diaryl/α,β-unsaturated/α-hetero) is 1. The molecule has 15 heavy (non-hydrogen) atoms. The van der Waals surface area contributed by atoms with Crippen molar-refractivity contribution in [2.24, 2.45) is 17.8 Å². The standard InChI is InChI=1S/C12H13NO2/c13-8-3-1-7(2-4-8)12(14)11-9-5-15-6-10(9)11/h1-4,9-11H,5-6,13H2. The average Bonchev–Trinajstić information content (AvgIpc) is 2.72. The Labute approximate surface area is 88.2 Å². The molecule has 0 amide bonds. The van der Waals surface area contributed by atoms with Gasteiger partial charge < -0.3 is 10.5 Å². The molecule has 3 rings (SSSR count). The highest BCUT2D eigenvalue weighted by Crippen LogP contribution is 2.52. The van der Waals surface area contributed by atoms with Crippen LogP contribution in [0.15, 0.2) is 24.3 Å². The highest BCUT2D eigenvalue weighted by molar-refractivity contribution is 6.00. The van der Waals surface area contributed by atoms with Crippen LogP contribution in [0.3, 0.4) is 0 Å². The minimum absolute atomic E-state index is 0.211. The van der Waals surface area contributed by atoms with Gasteiger partial charge in [-0.1, -0.05) is 0 Å². The minimum Gasteiger partial charge on any atom is -0.399 e. The molecule has 78 valence electrons. The van der Waals surface area contributed by atoms with Crippen LogP contribution in [-0.2, 0) is 4.74 Å². The largest absolute Gasteiger partial charge is 0.399 e. The molecule has 2 atom stereocenters. The van der Waals surface area contributed by atoms with Crippen molar-refractivity contribution in [3.63, 3.8) is 0 Å². The van der Waals surface area contributed by atoms with Crippen LogP contribution >= 0.6 is 0 Å². The van der Waals surface area contributed by atoms with Gasteiger partial charge >= 0.3 is 0 Å². The molecule has 0 radical (unpaired) electrons. The molecule has 0 aromatic heterocycles. The summed E-state index contributed by atoms with van der Waals surface area (Å²) in [4.78, 5) is 12.0. The van der Waals surface area contributed by atoms with Crippen molar-refractivity contribution in [3.05, 3.63) is 29.8 Å². The predicted molar refractivity (Wildman–Crippen MR) is 56.5 cm³/mol. The lowest BCUT2D eigenvalue weighted by molar-refractivity contribution is 0.0893. The number of ether oxygens (including phenoxy) is 1. The van der Waals surface area contributed by atoms with Gasteiger partial charge in [0, 0.05) is 17.2 Å². The fourth-order valence-corrected chi connectivity index (χ4v) is 2.47. The van der Waals surface area contributed by atoms with Crippen molar-refractivity contribution < 1.29 is 9.53 Å². The van der Waals surface area contributed by atoms with E-state index < -0.39 is 0 Å². The molecule has 1 aromatic carbocycles. The molecular weight excluding hydrogens is 190 g/mol.